The van der Waals surface area contributed by atoms with Gasteiger partial charge in [0.15, 0.2) is 0 Å². The number of nitrogens with zero attached hydrogens (tertiary/aromatic N) is 2. The number of carbonyl (C=O) groups excluding carboxylic acids is 2. The Morgan fingerprint density at radius 1 is 0.864 bits per heavy atom. The van der Waals surface area contributed by atoms with Crippen LogP contribution in [0.25, 0.3) is 0 Å². The first-order valence-corrected chi connectivity index (χ1v) is 7.45. The second-order valence-electron chi connectivity index (χ2n) is 5.96. The van der Waals surface area contributed by atoms with Crippen molar-refractivity contribution in [2.75, 3.05) is 4.90 Å². The lowest BCUT2D eigenvalue weighted by molar-refractivity contribution is 0.0577. The van der Waals surface area contributed by atoms with Crippen molar-refractivity contribution in [3.8, 4) is 0 Å². The van der Waals surface area contributed by atoms with Gasteiger partial charge in [0.1, 0.15) is 6.17 Å². The van der Waals surface area contributed by atoms with Crippen molar-refractivity contribution in [3.05, 3.63) is 65.2 Å². The lowest BCUT2D eigenvalue weighted by Crippen LogP contribution is -2.50. The van der Waals surface area contributed by atoms with Crippen molar-refractivity contribution < 1.29 is 9.59 Å². The number of hydrogen-bond donors (Lipinski definition) is 0. The fourth-order valence-corrected chi connectivity index (χ4v) is 3.44. The fraction of sp³-hybridized carbons (Fsp3) is 0.222. The molecular weight excluding hydrogens is 276 g/mol. The van der Waals surface area contributed by atoms with Gasteiger partial charge in [-0.25, -0.2) is 0 Å². The molecule has 2 aromatic rings. The summed E-state index contributed by atoms with van der Waals surface area (Å²) in [6.45, 7) is 3.96. The molecule has 4 nitrogen and oxygen atoms in total. The van der Waals surface area contributed by atoms with Crippen LogP contribution < -0.4 is 4.90 Å². The Balaban J connectivity index is 2.01. The smallest absolute Gasteiger partial charge is 0.260 e. The Kier molecular flexibility index (Phi) is 2.64. The largest absolute Gasteiger partial charge is 0.311 e. The molecule has 0 aliphatic carbocycles. The van der Waals surface area contributed by atoms with Gasteiger partial charge in [0, 0.05) is 17.2 Å². The van der Waals surface area contributed by atoms with E-state index in [1.165, 1.54) is 0 Å². The maximum Gasteiger partial charge on any atom is 0.260 e. The molecule has 110 valence electrons. The molecule has 0 fully saturated rings. The van der Waals surface area contributed by atoms with Crippen LogP contribution in [0.5, 0.6) is 0 Å². The van der Waals surface area contributed by atoms with Crippen molar-refractivity contribution in [1.82, 2.24) is 4.90 Å². The van der Waals surface area contributed by atoms with Crippen molar-refractivity contribution in [2.45, 2.75) is 26.1 Å². The minimum Gasteiger partial charge on any atom is -0.311 e. The highest BCUT2D eigenvalue weighted by molar-refractivity contribution is 6.16. The zero-order chi connectivity index (χ0) is 15.4. The van der Waals surface area contributed by atoms with Crippen LogP contribution in [0.3, 0.4) is 0 Å². The molecule has 0 aromatic heterocycles. The monoisotopic (exact) mass is 292 g/mol. The SMILES string of the molecule is CC(C)N1C(=O)c2ccccc2N2C(=O)c3ccccc3[C@H]21. The van der Waals surface area contributed by atoms with Gasteiger partial charge in [-0.15, -0.1) is 0 Å². The van der Waals surface area contributed by atoms with E-state index < -0.39 is 0 Å². The first-order valence-electron chi connectivity index (χ1n) is 7.45. The molecule has 0 bridgehead atoms. The zero-order valence-electron chi connectivity index (χ0n) is 12.5. The fourth-order valence-electron chi connectivity index (χ4n) is 3.44. The zero-order valence-corrected chi connectivity index (χ0v) is 12.5. The van der Waals surface area contributed by atoms with Gasteiger partial charge in [-0.05, 0) is 32.0 Å². The Morgan fingerprint density at radius 2 is 1.50 bits per heavy atom. The van der Waals surface area contributed by atoms with Gasteiger partial charge >= 0.3 is 0 Å². The number of rotatable bonds is 1. The number of amides is 2. The first-order chi connectivity index (χ1) is 10.6. The van der Waals surface area contributed by atoms with E-state index in [-0.39, 0.29) is 24.0 Å². The van der Waals surface area contributed by atoms with Crippen LogP contribution >= 0.6 is 0 Å². The van der Waals surface area contributed by atoms with Gasteiger partial charge in [0.25, 0.3) is 11.8 Å². The van der Waals surface area contributed by atoms with Crippen molar-refractivity contribution >= 4 is 17.5 Å². The summed E-state index contributed by atoms with van der Waals surface area (Å²) >= 11 is 0. The summed E-state index contributed by atoms with van der Waals surface area (Å²) < 4.78 is 0. The summed E-state index contributed by atoms with van der Waals surface area (Å²) in [6, 6.07) is 14.9. The minimum absolute atomic E-state index is 0.00677. The van der Waals surface area contributed by atoms with Crippen LogP contribution in [-0.2, 0) is 0 Å². The molecule has 2 aromatic carbocycles. The summed E-state index contributed by atoms with van der Waals surface area (Å²) in [5.74, 6) is -0.0532. The molecule has 2 heterocycles. The number of carbonyl (C=O) groups is 2. The predicted molar refractivity (Wildman–Crippen MR) is 83.7 cm³/mol. The van der Waals surface area contributed by atoms with Crippen molar-refractivity contribution in [1.29, 1.82) is 0 Å². The van der Waals surface area contributed by atoms with Crippen LogP contribution in [0.4, 0.5) is 5.69 Å². The highest BCUT2D eigenvalue weighted by Gasteiger charge is 2.48. The molecule has 2 aliphatic rings. The number of para-hydroxylation sites is 1. The molecule has 0 unspecified atom stereocenters. The average Bonchev–Trinajstić information content (AvgIpc) is 2.81. The lowest BCUT2D eigenvalue weighted by Gasteiger charge is -2.43. The van der Waals surface area contributed by atoms with E-state index >= 15 is 0 Å². The van der Waals surface area contributed by atoms with E-state index in [1.54, 1.807) is 15.9 Å². The van der Waals surface area contributed by atoms with Crippen LogP contribution in [0.15, 0.2) is 48.5 Å². The maximum absolute atomic E-state index is 12.9. The molecule has 0 saturated carbocycles. The third kappa shape index (κ3) is 1.52. The first kappa shape index (κ1) is 13.1. The Bertz CT molecular complexity index is 797. The molecule has 2 aliphatic heterocycles. The van der Waals surface area contributed by atoms with E-state index in [9.17, 15) is 9.59 Å². The van der Waals surface area contributed by atoms with Crippen LogP contribution in [-0.4, -0.2) is 22.8 Å². The van der Waals surface area contributed by atoms with E-state index in [1.807, 2.05) is 56.3 Å². The summed E-state index contributed by atoms with van der Waals surface area (Å²) in [4.78, 5) is 29.3. The molecule has 0 spiro atoms. The van der Waals surface area contributed by atoms with Crippen molar-refractivity contribution in [2.24, 2.45) is 0 Å². The van der Waals surface area contributed by atoms with E-state index in [4.69, 9.17) is 0 Å². The van der Waals surface area contributed by atoms with Gasteiger partial charge in [0.05, 0.1) is 11.3 Å². The minimum atomic E-state index is -0.342. The topological polar surface area (TPSA) is 40.6 Å². The summed E-state index contributed by atoms with van der Waals surface area (Å²) in [6.07, 6.45) is -0.342. The number of benzene rings is 2. The maximum atomic E-state index is 12.9. The lowest BCUT2D eigenvalue weighted by atomic mass is 10.0. The Hall–Kier alpha value is -2.62. The standard InChI is InChI=1S/C18H16N2O2/c1-11(2)19-16-12-7-3-4-8-13(12)17(21)20(16)15-10-6-5-9-14(15)18(19)22/h3-11,16H,1-2H3/t16-/m0/s1. The summed E-state index contributed by atoms with van der Waals surface area (Å²) in [5, 5.41) is 0. The second kappa shape index (κ2) is 4.44. The van der Waals surface area contributed by atoms with Gasteiger partial charge in [-0.3, -0.25) is 14.5 Å². The van der Waals surface area contributed by atoms with E-state index in [0.717, 1.165) is 5.56 Å². The van der Waals surface area contributed by atoms with Crippen molar-refractivity contribution in [3.63, 3.8) is 0 Å². The normalized spacial score (nSPS) is 19.3. The third-order valence-electron chi connectivity index (χ3n) is 4.38. The molecule has 22 heavy (non-hydrogen) atoms. The quantitative estimate of drug-likeness (QED) is 0.809. The molecule has 1 atom stereocenters. The number of anilines is 1. The van der Waals surface area contributed by atoms with Gasteiger partial charge in [0.2, 0.25) is 0 Å². The third-order valence-corrected chi connectivity index (χ3v) is 4.38. The Morgan fingerprint density at radius 3 is 2.23 bits per heavy atom. The number of fused-ring (bicyclic) bond motifs is 5. The molecule has 4 heteroatoms. The van der Waals surface area contributed by atoms with E-state index in [0.29, 0.717) is 16.8 Å². The van der Waals surface area contributed by atoms with Gasteiger partial charge in [-0.2, -0.15) is 0 Å². The summed E-state index contributed by atoms with van der Waals surface area (Å²) in [5.41, 5.74) is 2.89. The van der Waals surface area contributed by atoms with Gasteiger partial charge in [-0.1, -0.05) is 30.3 Å². The molecule has 2 amide bonds. The molecule has 0 N–H and O–H groups in total. The molecular formula is C18H16N2O2. The summed E-state index contributed by atoms with van der Waals surface area (Å²) in [7, 11) is 0. The van der Waals surface area contributed by atoms with E-state index in [2.05, 4.69) is 0 Å². The average molecular weight is 292 g/mol. The predicted octanol–water partition coefficient (Wildman–Crippen LogP) is 3.21. The second-order valence-corrected chi connectivity index (χ2v) is 5.96. The highest BCUT2D eigenvalue weighted by Crippen LogP contribution is 2.45. The highest BCUT2D eigenvalue weighted by atomic mass is 16.2. The number of hydrogen-bond acceptors (Lipinski definition) is 2. The van der Waals surface area contributed by atoms with Crippen LogP contribution in [0.2, 0.25) is 0 Å². The van der Waals surface area contributed by atoms with Gasteiger partial charge < -0.3 is 4.90 Å². The molecule has 0 radical (unpaired) electrons. The molecule has 0 saturated heterocycles. The Labute approximate surface area is 129 Å². The van der Waals surface area contributed by atoms with Crippen LogP contribution in [0, 0.1) is 0 Å². The molecule has 4 rings (SSSR count). The van der Waals surface area contributed by atoms with Crippen LogP contribution in [0.1, 0.15) is 46.3 Å².